The molecule has 0 saturated heterocycles. The van der Waals surface area contributed by atoms with Crippen LogP contribution in [-0.2, 0) is 0 Å². The van der Waals surface area contributed by atoms with Gasteiger partial charge in [0.2, 0.25) is 5.88 Å². The third-order valence-electron chi connectivity index (χ3n) is 2.79. The molecule has 0 fully saturated rings. The molecule has 102 valence electrons. The SMILES string of the molecule is Cc1[nH]c(O)c(-c2ccsc2C)c1OC(=O)N(C)C. The number of aromatic hydroxyl groups is 1. The van der Waals surface area contributed by atoms with Gasteiger partial charge in [0.15, 0.2) is 5.75 Å². The molecule has 0 aromatic carbocycles. The molecular formula is C13H16N2O3S. The number of aryl methyl sites for hydroxylation is 2. The van der Waals surface area contributed by atoms with Crippen molar-refractivity contribution in [2.45, 2.75) is 13.8 Å². The summed E-state index contributed by atoms with van der Waals surface area (Å²) in [5.41, 5.74) is 2.02. The van der Waals surface area contributed by atoms with Crippen molar-refractivity contribution in [1.29, 1.82) is 0 Å². The second kappa shape index (κ2) is 4.97. The van der Waals surface area contributed by atoms with Crippen molar-refractivity contribution in [1.82, 2.24) is 9.88 Å². The molecule has 0 aliphatic heterocycles. The second-order valence-corrected chi connectivity index (χ2v) is 5.58. The number of carbonyl (C=O) groups is 1. The average molecular weight is 280 g/mol. The minimum atomic E-state index is -0.476. The molecule has 6 heteroatoms. The maximum Gasteiger partial charge on any atom is 0.414 e. The van der Waals surface area contributed by atoms with E-state index in [0.717, 1.165) is 10.4 Å². The van der Waals surface area contributed by atoms with Crippen molar-refractivity contribution in [3.8, 4) is 22.8 Å². The van der Waals surface area contributed by atoms with E-state index in [-0.39, 0.29) is 5.88 Å². The third-order valence-corrected chi connectivity index (χ3v) is 3.64. The summed E-state index contributed by atoms with van der Waals surface area (Å²) >= 11 is 1.58. The largest absolute Gasteiger partial charge is 0.494 e. The fourth-order valence-electron chi connectivity index (χ4n) is 1.79. The molecule has 19 heavy (non-hydrogen) atoms. The van der Waals surface area contributed by atoms with Gasteiger partial charge in [-0.1, -0.05) is 0 Å². The van der Waals surface area contributed by atoms with Crippen molar-refractivity contribution in [3.05, 3.63) is 22.0 Å². The molecule has 2 aromatic rings. The molecule has 0 bridgehead atoms. The van der Waals surface area contributed by atoms with Gasteiger partial charge in [-0.25, -0.2) is 4.79 Å². The van der Waals surface area contributed by atoms with Crippen molar-refractivity contribution in [3.63, 3.8) is 0 Å². The fourth-order valence-corrected chi connectivity index (χ4v) is 2.50. The first-order valence-corrected chi connectivity index (χ1v) is 6.65. The molecule has 0 aliphatic rings. The maximum absolute atomic E-state index is 11.7. The van der Waals surface area contributed by atoms with Gasteiger partial charge < -0.3 is 19.7 Å². The van der Waals surface area contributed by atoms with Gasteiger partial charge in [0.05, 0.1) is 11.3 Å². The number of aromatic amines is 1. The zero-order valence-corrected chi connectivity index (χ0v) is 12.1. The molecule has 2 rings (SSSR count). The van der Waals surface area contributed by atoms with Crippen LogP contribution in [0.4, 0.5) is 4.79 Å². The molecule has 0 saturated carbocycles. The minimum absolute atomic E-state index is 0.0144. The number of aromatic nitrogens is 1. The summed E-state index contributed by atoms with van der Waals surface area (Å²) in [6.07, 6.45) is -0.476. The van der Waals surface area contributed by atoms with E-state index >= 15 is 0 Å². The van der Waals surface area contributed by atoms with Crippen LogP contribution in [0.2, 0.25) is 0 Å². The molecule has 0 unspecified atom stereocenters. The molecule has 0 atom stereocenters. The monoisotopic (exact) mass is 280 g/mol. The Balaban J connectivity index is 2.50. The lowest BCUT2D eigenvalue weighted by Gasteiger charge is -2.12. The normalized spacial score (nSPS) is 10.5. The minimum Gasteiger partial charge on any atom is -0.494 e. The molecule has 1 amide bonds. The number of nitrogens with zero attached hydrogens (tertiary/aromatic N) is 1. The predicted octanol–water partition coefficient (Wildman–Crippen LogP) is 3.13. The highest BCUT2D eigenvalue weighted by Crippen LogP contribution is 2.43. The maximum atomic E-state index is 11.7. The van der Waals surface area contributed by atoms with Gasteiger partial charge in [0.1, 0.15) is 0 Å². The summed E-state index contributed by atoms with van der Waals surface area (Å²) < 4.78 is 5.34. The first-order valence-electron chi connectivity index (χ1n) is 5.77. The van der Waals surface area contributed by atoms with E-state index in [9.17, 15) is 9.90 Å². The number of hydrogen-bond acceptors (Lipinski definition) is 4. The molecule has 0 radical (unpaired) electrons. The Bertz CT molecular complexity index is 613. The standard InChI is InChI=1S/C13H16N2O3S/c1-7-11(18-13(17)15(3)4)10(12(16)14-7)9-5-6-19-8(9)2/h5-6,14,16H,1-4H3. The predicted molar refractivity (Wildman–Crippen MR) is 75.0 cm³/mol. The van der Waals surface area contributed by atoms with Crippen LogP contribution in [0.1, 0.15) is 10.6 Å². The summed E-state index contributed by atoms with van der Waals surface area (Å²) in [5, 5.41) is 11.9. The third kappa shape index (κ3) is 2.44. The van der Waals surface area contributed by atoms with Crippen LogP contribution in [0.25, 0.3) is 11.1 Å². The smallest absolute Gasteiger partial charge is 0.414 e. The Morgan fingerprint density at radius 3 is 2.63 bits per heavy atom. The van der Waals surface area contributed by atoms with E-state index in [1.807, 2.05) is 18.4 Å². The van der Waals surface area contributed by atoms with Crippen molar-refractivity contribution in [2.24, 2.45) is 0 Å². The van der Waals surface area contributed by atoms with Crippen LogP contribution >= 0.6 is 11.3 Å². The molecule has 2 aromatic heterocycles. The van der Waals surface area contributed by atoms with Gasteiger partial charge >= 0.3 is 6.09 Å². The van der Waals surface area contributed by atoms with E-state index in [1.54, 1.807) is 32.4 Å². The quantitative estimate of drug-likeness (QED) is 0.888. The first-order chi connectivity index (χ1) is 8.91. The number of carbonyl (C=O) groups excluding carboxylic acids is 1. The van der Waals surface area contributed by atoms with E-state index in [2.05, 4.69) is 4.98 Å². The van der Waals surface area contributed by atoms with Gasteiger partial charge in [0, 0.05) is 24.5 Å². The number of thiophene rings is 1. The zero-order chi connectivity index (χ0) is 14.2. The Morgan fingerprint density at radius 2 is 2.11 bits per heavy atom. The summed E-state index contributed by atoms with van der Waals surface area (Å²) in [6, 6.07) is 1.90. The fraction of sp³-hybridized carbons (Fsp3) is 0.308. The molecule has 0 aliphatic carbocycles. The van der Waals surface area contributed by atoms with Crippen LogP contribution in [0.5, 0.6) is 11.6 Å². The molecule has 2 N–H and O–H groups in total. The first kappa shape index (κ1) is 13.5. The topological polar surface area (TPSA) is 65.6 Å². The van der Waals surface area contributed by atoms with Crippen molar-refractivity contribution < 1.29 is 14.6 Å². The van der Waals surface area contributed by atoms with Gasteiger partial charge in [0.25, 0.3) is 0 Å². The summed E-state index contributed by atoms with van der Waals surface area (Å²) in [4.78, 5) is 16.9. The molecule has 5 nitrogen and oxygen atoms in total. The highest BCUT2D eigenvalue weighted by molar-refractivity contribution is 7.10. The Kier molecular flexibility index (Phi) is 3.53. The molecule has 2 heterocycles. The lowest BCUT2D eigenvalue weighted by molar-refractivity contribution is 0.172. The van der Waals surface area contributed by atoms with Crippen LogP contribution in [0.15, 0.2) is 11.4 Å². The van der Waals surface area contributed by atoms with Gasteiger partial charge in [-0.2, -0.15) is 0 Å². The second-order valence-electron chi connectivity index (χ2n) is 4.46. The Hall–Kier alpha value is -1.95. The number of ether oxygens (including phenoxy) is 1. The lowest BCUT2D eigenvalue weighted by Crippen LogP contribution is -2.25. The average Bonchev–Trinajstić information content (AvgIpc) is 2.84. The van der Waals surface area contributed by atoms with E-state index in [4.69, 9.17) is 4.74 Å². The zero-order valence-electron chi connectivity index (χ0n) is 11.3. The number of nitrogens with one attached hydrogen (secondary N) is 1. The van der Waals surface area contributed by atoms with E-state index in [0.29, 0.717) is 17.0 Å². The summed E-state index contributed by atoms with van der Waals surface area (Å²) in [6.45, 7) is 3.71. The van der Waals surface area contributed by atoms with E-state index in [1.165, 1.54) is 4.90 Å². The van der Waals surface area contributed by atoms with Crippen LogP contribution in [0.3, 0.4) is 0 Å². The molecule has 0 spiro atoms. The number of H-pyrrole nitrogens is 1. The van der Waals surface area contributed by atoms with Crippen LogP contribution in [0, 0.1) is 13.8 Å². The highest BCUT2D eigenvalue weighted by atomic mass is 32.1. The number of rotatable bonds is 2. The Morgan fingerprint density at radius 1 is 1.42 bits per heavy atom. The van der Waals surface area contributed by atoms with Crippen LogP contribution < -0.4 is 4.74 Å². The van der Waals surface area contributed by atoms with Crippen molar-refractivity contribution in [2.75, 3.05) is 14.1 Å². The lowest BCUT2D eigenvalue weighted by atomic mass is 10.1. The van der Waals surface area contributed by atoms with Crippen LogP contribution in [-0.4, -0.2) is 35.2 Å². The number of hydrogen-bond donors (Lipinski definition) is 2. The van der Waals surface area contributed by atoms with E-state index < -0.39 is 6.09 Å². The van der Waals surface area contributed by atoms with Gasteiger partial charge in [-0.05, 0) is 25.3 Å². The number of amides is 1. The summed E-state index contributed by atoms with van der Waals surface area (Å²) in [5.74, 6) is 0.387. The molecular weight excluding hydrogens is 264 g/mol. The van der Waals surface area contributed by atoms with Gasteiger partial charge in [-0.15, -0.1) is 11.3 Å². The Labute approximate surface area is 115 Å². The van der Waals surface area contributed by atoms with Crippen molar-refractivity contribution >= 4 is 17.4 Å². The highest BCUT2D eigenvalue weighted by Gasteiger charge is 2.22. The van der Waals surface area contributed by atoms with Gasteiger partial charge in [-0.3, -0.25) is 0 Å². The summed E-state index contributed by atoms with van der Waals surface area (Å²) in [7, 11) is 3.22.